The van der Waals surface area contributed by atoms with E-state index in [1.54, 1.807) is 27.0 Å². The number of hydrogen-bond donors (Lipinski definition) is 1. The lowest BCUT2D eigenvalue weighted by atomic mass is 10.2. The normalized spacial score (nSPS) is 10.9. The fourth-order valence-electron chi connectivity index (χ4n) is 0.981. The first kappa shape index (κ1) is 12.0. The molecule has 1 aromatic rings. The Labute approximate surface area is 97.9 Å². The fraction of sp³-hybridized carbons (Fsp3) is 0.364. The van der Waals surface area contributed by atoms with E-state index in [-0.39, 0.29) is 5.91 Å². The van der Waals surface area contributed by atoms with E-state index in [9.17, 15) is 4.79 Å². The summed E-state index contributed by atoms with van der Waals surface area (Å²) in [5.41, 5.74) is 0.729. The smallest absolute Gasteiger partial charge is 0.240 e. The van der Waals surface area contributed by atoms with Crippen LogP contribution in [0.2, 0.25) is 0 Å². The Bertz CT molecular complexity index is 358. The Morgan fingerprint density at radius 2 is 2.13 bits per heavy atom. The molecule has 4 heteroatoms. The highest BCUT2D eigenvalue weighted by molar-refractivity contribution is 9.10. The Morgan fingerprint density at radius 1 is 1.47 bits per heavy atom. The van der Waals surface area contributed by atoms with Crippen molar-refractivity contribution in [2.45, 2.75) is 18.2 Å². The average molecular weight is 272 g/mol. The molecule has 0 bridgehead atoms. The van der Waals surface area contributed by atoms with Crippen LogP contribution in [0.3, 0.4) is 0 Å². The first-order chi connectivity index (χ1) is 6.93. The zero-order valence-corrected chi connectivity index (χ0v) is 10.6. The van der Waals surface area contributed by atoms with Gasteiger partial charge in [0.2, 0.25) is 5.91 Å². The molecule has 1 N–H and O–H groups in total. The molecule has 15 heavy (non-hydrogen) atoms. The summed E-state index contributed by atoms with van der Waals surface area (Å²) in [6.45, 7) is 3.59. The number of anilines is 1. The van der Waals surface area contributed by atoms with E-state index >= 15 is 0 Å². The van der Waals surface area contributed by atoms with Gasteiger partial charge >= 0.3 is 0 Å². The van der Waals surface area contributed by atoms with Crippen molar-refractivity contribution >= 4 is 27.5 Å². The minimum Gasteiger partial charge on any atom is -0.497 e. The van der Waals surface area contributed by atoms with Gasteiger partial charge in [-0.25, -0.2) is 0 Å². The fourth-order valence-corrected chi connectivity index (χ4v) is 1.08. The monoisotopic (exact) mass is 271 g/mol. The molecule has 0 aromatic heterocycles. The summed E-state index contributed by atoms with van der Waals surface area (Å²) in [5, 5.41) is 2.79. The van der Waals surface area contributed by atoms with E-state index in [2.05, 4.69) is 21.2 Å². The lowest BCUT2D eigenvalue weighted by molar-refractivity contribution is -0.117. The maximum Gasteiger partial charge on any atom is 0.240 e. The molecule has 3 nitrogen and oxygen atoms in total. The summed E-state index contributed by atoms with van der Waals surface area (Å²) in [6, 6.07) is 7.25. The molecule has 82 valence electrons. The van der Waals surface area contributed by atoms with Crippen LogP contribution in [0.15, 0.2) is 24.3 Å². The van der Waals surface area contributed by atoms with Crippen LogP contribution in [0.4, 0.5) is 5.69 Å². The second-order valence-corrected chi connectivity index (χ2v) is 5.64. The van der Waals surface area contributed by atoms with Gasteiger partial charge in [-0.3, -0.25) is 4.79 Å². The molecule has 0 saturated heterocycles. The second kappa shape index (κ2) is 4.66. The van der Waals surface area contributed by atoms with Gasteiger partial charge in [-0.15, -0.1) is 0 Å². The van der Waals surface area contributed by atoms with Crippen molar-refractivity contribution in [1.82, 2.24) is 0 Å². The van der Waals surface area contributed by atoms with Gasteiger partial charge in [0.1, 0.15) is 5.75 Å². The number of alkyl halides is 1. The third kappa shape index (κ3) is 3.55. The van der Waals surface area contributed by atoms with Gasteiger partial charge in [-0.1, -0.05) is 22.0 Å². The van der Waals surface area contributed by atoms with Gasteiger partial charge in [0.05, 0.1) is 11.4 Å². The van der Waals surface area contributed by atoms with Gasteiger partial charge in [-0.2, -0.15) is 0 Å². The van der Waals surface area contributed by atoms with Crippen LogP contribution in [-0.2, 0) is 4.79 Å². The van der Waals surface area contributed by atoms with Gasteiger partial charge in [0.15, 0.2) is 0 Å². The summed E-state index contributed by atoms with van der Waals surface area (Å²) < 4.78 is 4.49. The van der Waals surface area contributed by atoms with Gasteiger partial charge in [0, 0.05) is 11.8 Å². The van der Waals surface area contributed by atoms with Crippen LogP contribution in [0.1, 0.15) is 13.8 Å². The number of methoxy groups -OCH3 is 1. The molecule has 0 fully saturated rings. The number of amides is 1. The zero-order chi connectivity index (χ0) is 11.5. The molecule has 0 aliphatic carbocycles. The Balaban J connectivity index is 2.77. The van der Waals surface area contributed by atoms with Gasteiger partial charge in [0.25, 0.3) is 0 Å². The molecule has 0 atom stereocenters. The molecule has 1 amide bonds. The summed E-state index contributed by atoms with van der Waals surface area (Å²) >= 11 is 3.29. The lowest BCUT2D eigenvalue weighted by Gasteiger charge is -2.16. The third-order valence-corrected chi connectivity index (χ3v) is 2.23. The highest BCUT2D eigenvalue weighted by Crippen LogP contribution is 2.21. The number of benzene rings is 1. The van der Waals surface area contributed by atoms with Crippen molar-refractivity contribution < 1.29 is 9.53 Å². The van der Waals surface area contributed by atoms with Crippen molar-refractivity contribution in [1.29, 1.82) is 0 Å². The molecule has 0 heterocycles. The molecular formula is C11H14BrNO2. The van der Waals surface area contributed by atoms with Crippen molar-refractivity contribution in [3.05, 3.63) is 24.3 Å². The van der Waals surface area contributed by atoms with Crippen LogP contribution >= 0.6 is 15.9 Å². The van der Waals surface area contributed by atoms with Crippen molar-refractivity contribution in [3.8, 4) is 5.75 Å². The standard InChI is InChI=1S/C11H14BrNO2/c1-11(2,12)10(14)13-8-5-4-6-9(7-8)15-3/h4-7H,1-3H3,(H,13,14). The van der Waals surface area contributed by atoms with E-state index in [0.29, 0.717) is 0 Å². The summed E-state index contributed by atoms with van der Waals surface area (Å²) in [4.78, 5) is 11.6. The quantitative estimate of drug-likeness (QED) is 0.859. The first-order valence-electron chi connectivity index (χ1n) is 4.58. The molecule has 0 radical (unpaired) electrons. The SMILES string of the molecule is COc1cccc(NC(=O)C(C)(C)Br)c1. The van der Waals surface area contributed by atoms with Gasteiger partial charge < -0.3 is 10.1 Å². The van der Waals surface area contributed by atoms with E-state index in [0.717, 1.165) is 11.4 Å². The highest BCUT2D eigenvalue weighted by Gasteiger charge is 2.23. The zero-order valence-electron chi connectivity index (χ0n) is 9.00. The molecule has 1 rings (SSSR count). The minimum absolute atomic E-state index is 0.0873. The molecule has 0 spiro atoms. The predicted molar refractivity (Wildman–Crippen MR) is 64.6 cm³/mol. The molecule has 0 aliphatic heterocycles. The highest BCUT2D eigenvalue weighted by atomic mass is 79.9. The van der Waals surface area contributed by atoms with Crippen LogP contribution in [0.25, 0.3) is 0 Å². The predicted octanol–water partition coefficient (Wildman–Crippen LogP) is 2.81. The van der Waals surface area contributed by atoms with Crippen molar-refractivity contribution in [2.24, 2.45) is 0 Å². The largest absolute Gasteiger partial charge is 0.497 e. The van der Waals surface area contributed by atoms with Gasteiger partial charge in [-0.05, 0) is 26.0 Å². The maximum absolute atomic E-state index is 11.6. The van der Waals surface area contributed by atoms with E-state index in [4.69, 9.17) is 4.74 Å². The average Bonchev–Trinajstić information content (AvgIpc) is 2.16. The lowest BCUT2D eigenvalue weighted by Crippen LogP contribution is -2.30. The van der Waals surface area contributed by atoms with E-state index in [1.807, 2.05) is 18.2 Å². The van der Waals surface area contributed by atoms with Crippen molar-refractivity contribution in [3.63, 3.8) is 0 Å². The molecule has 0 saturated carbocycles. The summed E-state index contributed by atoms with van der Waals surface area (Å²) in [5.74, 6) is 0.635. The first-order valence-corrected chi connectivity index (χ1v) is 5.37. The number of nitrogens with one attached hydrogen (secondary N) is 1. The summed E-state index contributed by atoms with van der Waals surface area (Å²) in [7, 11) is 1.59. The molecule has 0 unspecified atom stereocenters. The Morgan fingerprint density at radius 3 is 2.67 bits per heavy atom. The third-order valence-electron chi connectivity index (χ3n) is 1.87. The van der Waals surface area contributed by atoms with Crippen LogP contribution in [0, 0.1) is 0 Å². The number of hydrogen-bond acceptors (Lipinski definition) is 2. The molecular weight excluding hydrogens is 258 g/mol. The number of carbonyl (C=O) groups excluding carboxylic acids is 1. The molecule has 1 aromatic carbocycles. The Hall–Kier alpha value is -1.03. The van der Waals surface area contributed by atoms with Crippen LogP contribution < -0.4 is 10.1 Å². The summed E-state index contributed by atoms with van der Waals surface area (Å²) in [6.07, 6.45) is 0. The minimum atomic E-state index is -0.573. The number of halogens is 1. The number of rotatable bonds is 3. The molecule has 0 aliphatic rings. The Kier molecular flexibility index (Phi) is 3.74. The maximum atomic E-state index is 11.6. The topological polar surface area (TPSA) is 38.3 Å². The van der Waals surface area contributed by atoms with Crippen molar-refractivity contribution in [2.75, 3.05) is 12.4 Å². The number of carbonyl (C=O) groups is 1. The van der Waals surface area contributed by atoms with Crippen LogP contribution in [-0.4, -0.2) is 17.3 Å². The number of ether oxygens (including phenoxy) is 1. The van der Waals surface area contributed by atoms with E-state index < -0.39 is 4.32 Å². The van der Waals surface area contributed by atoms with Crippen LogP contribution in [0.5, 0.6) is 5.75 Å². The van der Waals surface area contributed by atoms with E-state index in [1.165, 1.54) is 0 Å². The second-order valence-electron chi connectivity index (χ2n) is 3.66.